The maximum atomic E-state index is 12.7. The van der Waals surface area contributed by atoms with E-state index in [0.717, 1.165) is 12.1 Å². The van der Waals surface area contributed by atoms with Crippen molar-refractivity contribution >= 4 is 21.6 Å². The molecule has 0 radical (unpaired) electrons. The fourth-order valence-electron chi connectivity index (χ4n) is 1.90. The Morgan fingerprint density at radius 1 is 1.33 bits per heavy atom. The van der Waals surface area contributed by atoms with Crippen LogP contribution >= 0.6 is 15.9 Å². The number of nitrogens with two attached hydrogens (primary N) is 1. The highest BCUT2D eigenvalue weighted by atomic mass is 79.9. The third-order valence-corrected chi connectivity index (χ3v) is 4.05. The number of rotatable bonds is 2. The topological polar surface area (TPSA) is 48.0 Å². The molecule has 2 N–H and O–H groups in total. The molecule has 1 heterocycles. The van der Waals surface area contributed by atoms with Crippen LogP contribution in [0.1, 0.15) is 16.7 Å². The number of anilines is 1. The Labute approximate surface area is 127 Å². The summed E-state index contributed by atoms with van der Waals surface area (Å²) in [6, 6.07) is 4.86. The van der Waals surface area contributed by atoms with Crippen molar-refractivity contribution < 1.29 is 13.2 Å². The minimum Gasteiger partial charge on any atom is -0.397 e. The van der Waals surface area contributed by atoms with Gasteiger partial charge < -0.3 is 10.3 Å². The van der Waals surface area contributed by atoms with Crippen LogP contribution in [0.15, 0.2) is 39.7 Å². The van der Waals surface area contributed by atoms with E-state index in [1.54, 1.807) is 6.92 Å². The summed E-state index contributed by atoms with van der Waals surface area (Å²) in [4.78, 5) is 12.1. The van der Waals surface area contributed by atoms with E-state index in [1.165, 1.54) is 22.9 Å². The van der Waals surface area contributed by atoms with Crippen molar-refractivity contribution in [3.05, 3.63) is 62.0 Å². The standard InChI is InChI=1S/C14H12BrF3N2O/c1-8-11(19)7-20(13(21)12(8)15)6-9-3-2-4-10(5-9)14(16,17)18/h2-5,7H,6,19H2,1H3. The van der Waals surface area contributed by atoms with Crippen molar-refractivity contribution in [3.63, 3.8) is 0 Å². The summed E-state index contributed by atoms with van der Waals surface area (Å²) in [5.41, 5.74) is 6.08. The van der Waals surface area contributed by atoms with Crippen LogP contribution in [0.3, 0.4) is 0 Å². The van der Waals surface area contributed by atoms with E-state index >= 15 is 0 Å². The normalized spacial score (nSPS) is 11.7. The second-order valence-corrected chi connectivity index (χ2v) is 5.45. The minimum absolute atomic E-state index is 0.0197. The molecule has 2 aromatic rings. The van der Waals surface area contributed by atoms with Crippen molar-refractivity contribution in [2.45, 2.75) is 19.6 Å². The lowest BCUT2D eigenvalue weighted by atomic mass is 10.1. The molecule has 0 aliphatic carbocycles. The number of hydrogen-bond acceptors (Lipinski definition) is 2. The molecule has 0 atom stereocenters. The zero-order chi connectivity index (χ0) is 15.8. The number of benzene rings is 1. The minimum atomic E-state index is -4.41. The Morgan fingerprint density at radius 2 is 2.00 bits per heavy atom. The van der Waals surface area contributed by atoms with Crippen molar-refractivity contribution in [1.29, 1.82) is 0 Å². The van der Waals surface area contributed by atoms with Crippen molar-refractivity contribution in [1.82, 2.24) is 4.57 Å². The maximum Gasteiger partial charge on any atom is 0.416 e. The molecular weight excluding hydrogens is 349 g/mol. The fraction of sp³-hybridized carbons (Fsp3) is 0.214. The van der Waals surface area contributed by atoms with Gasteiger partial charge in [0.15, 0.2) is 0 Å². The largest absolute Gasteiger partial charge is 0.416 e. The SMILES string of the molecule is Cc1c(N)cn(Cc2cccc(C(F)(F)F)c2)c(=O)c1Br. The summed E-state index contributed by atoms with van der Waals surface area (Å²) in [6.45, 7) is 1.71. The molecule has 0 bridgehead atoms. The van der Waals surface area contributed by atoms with Gasteiger partial charge in [0.1, 0.15) is 0 Å². The molecule has 0 aliphatic heterocycles. The zero-order valence-corrected chi connectivity index (χ0v) is 12.6. The second-order valence-electron chi connectivity index (χ2n) is 4.65. The van der Waals surface area contributed by atoms with Crippen LogP contribution in [-0.2, 0) is 12.7 Å². The van der Waals surface area contributed by atoms with Gasteiger partial charge in [-0.1, -0.05) is 12.1 Å². The Hall–Kier alpha value is -1.76. The second kappa shape index (κ2) is 5.55. The Morgan fingerprint density at radius 3 is 2.62 bits per heavy atom. The van der Waals surface area contributed by atoms with Crippen LogP contribution in [-0.4, -0.2) is 4.57 Å². The molecule has 7 heteroatoms. The van der Waals surface area contributed by atoms with Gasteiger partial charge in [-0.2, -0.15) is 13.2 Å². The highest BCUT2D eigenvalue weighted by molar-refractivity contribution is 9.10. The molecule has 0 aliphatic rings. The molecular formula is C14H12BrF3N2O. The van der Waals surface area contributed by atoms with Crippen molar-refractivity contribution in [3.8, 4) is 0 Å². The van der Waals surface area contributed by atoms with E-state index in [9.17, 15) is 18.0 Å². The first kappa shape index (κ1) is 15.6. The lowest BCUT2D eigenvalue weighted by molar-refractivity contribution is -0.137. The molecule has 0 saturated carbocycles. The average Bonchev–Trinajstić information content (AvgIpc) is 2.42. The molecule has 0 spiro atoms. The van der Waals surface area contributed by atoms with Gasteiger partial charge in [0.25, 0.3) is 5.56 Å². The van der Waals surface area contributed by atoms with Crippen molar-refractivity contribution in [2.24, 2.45) is 0 Å². The summed E-state index contributed by atoms with van der Waals surface area (Å²) in [6.07, 6.45) is -2.98. The van der Waals surface area contributed by atoms with Crippen LogP contribution in [0.2, 0.25) is 0 Å². The molecule has 3 nitrogen and oxygen atoms in total. The van der Waals surface area contributed by atoms with E-state index in [-0.39, 0.29) is 12.1 Å². The van der Waals surface area contributed by atoms with Crippen LogP contribution < -0.4 is 11.3 Å². The predicted octanol–water partition coefficient (Wildman–Crippen LogP) is 3.57. The third-order valence-electron chi connectivity index (χ3n) is 3.11. The molecule has 0 saturated heterocycles. The van der Waals surface area contributed by atoms with Crippen LogP contribution in [0.25, 0.3) is 0 Å². The van der Waals surface area contributed by atoms with Crippen LogP contribution in [0, 0.1) is 6.92 Å². The number of nitrogens with zero attached hydrogens (tertiary/aromatic N) is 1. The smallest absolute Gasteiger partial charge is 0.397 e. The van der Waals surface area contributed by atoms with Crippen molar-refractivity contribution in [2.75, 3.05) is 5.73 Å². The van der Waals surface area contributed by atoms with E-state index < -0.39 is 11.7 Å². The summed E-state index contributed by atoms with van der Waals surface area (Å²) < 4.78 is 39.6. The van der Waals surface area contributed by atoms with Crippen LogP contribution in [0.5, 0.6) is 0 Å². The monoisotopic (exact) mass is 360 g/mol. The van der Waals surface area contributed by atoms with Gasteiger partial charge in [-0.15, -0.1) is 0 Å². The van der Waals surface area contributed by atoms with Gasteiger partial charge in [0, 0.05) is 6.20 Å². The molecule has 112 valence electrons. The van der Waals surface area contributed by atoms with Gasteiger partial charge in [0.2, 0.25) is 0 Å². The fourth-order valence-corrected chi connectivity index (χ4v) is 2.35. The first-order chi connectivity index (χ1) is 9.70. The number of pyridine rings is 1. The number of aromatic nitrogens is 1. The Kier molecular flexibility index (Phi) is 4.13. The predicted molar refractivity (Wildman–Crippen MR) is 78.1 cm³/mol. The number of hydrogen-bond donors (Lipinski definition) is 1. The Balaban J connectivity index is 2.42. The van der Waals surface area contributed by atoms with Gasteiger partial charge >= 0.3 is 6.18 Å². The summed E-state index contributed by atoms with van der Waals surface area (Å²) >= 11 is 3.15. The maximum absolute atomic E-state index is 12.7. The number of nitrogen functional groups attached to an aromatic ring is 1. The third kappa shape index (κ3) is 3.29. The Bertz CT molecular complexity index is 738. The van der Waals surface area contributed by atoms with Gasteiger partial charge in [-0.05, 0) is 46.1 Å². The van der Waals surface area contributed by atoms with E-state index in [2.05, 4.69) is 15.9 Å². The molecule has 1 aromatic carbocycles. The molecule has 1 aromatic heterocycles. The molecule has 0 fully saturated rings. The van der Waals surface area contributed by atoms with Crippen LogP contribution in [0.4, 0.5) is 18.9 Å². The zero-order valence-electron chi connectivity index (χ0n) is 11.0. The van der Waals surface area contributed by atoms with E-state index in [0.29, 0.717) is 21.3 Å². The lowest BCUT2D eigenvalue weighted by Crippen LogP contribution is -2.23. The van der Waals surface area contributed by atoms with Gasteiger partial charge in [0.05, 0.1) is 22.3 Å². The highest BCUT2D eigenvalue weighted by Gasteiger charge is 2.30. The molecule has 0 unspecified atom stereocenters. The summed E-state index contributed by atoms with van der Waals surface area (Å²) in [5.74, 6) is 0. The lowest BCUT2D eigenvalue weighted by Gasteiger charge is -2.12. The molecule has 0 amide bonds. The van der Waals surface area contributed by atoms with E-state index in [1.807, 2.05) is 0 Å². The first-order valence-corrected chi connectivity index (χ1v) is 6.80. The summed E-state index contributed by atoms with van der Waals surface area (Å²) in [5, 5.41) is 0. The first-order valence-electron chi connectivity index (χ1n) is 6.01. The van der Waals surface area contributed by atoms with Gasteiger partial charge in [-0.25, -0.2) is 0 Å². The number of halogens is 4. The average molecular weight is 361 g/mol. The number of alkyl halides is 3. The summed E-state index contributed by atoms with van der Waals surface area (Å²) in [7, 11) is 0. The quantitative estimate of drug-likeness (QED) is 0.889. The molecule has 21 heavy (non-hydrogen) atoms. The van der Waals surface area contributed by atoms with Gasteiger partial charge in [-0.3, -0.25) is 4.79 Å². The highest BCUT2D eigenvalue weighted by Crippen LogP contribution is 2.29. The van der Waals surface area contributed by atoms with E-state index in [4.69, 9.17) is 5.73 Å². The molecule has 2 rings (SSSR count).